The maximum absolute atomic E-state index is 5.30. The molecule has 1 heterocycles. The summed E-state index contributed by atoms with van der Waals surface area (Å²) in [7, 11) is 3.43. The molecule has 3 unspecified atom stereocenters. The Kier molecular flexibility index (Phi) is 6.96. The van der Waals surface area contributed by atoms with Crippen LogP contribution >= 0.6 is 0 Å². The van der Waals surface area contributed by atoms with Crippen LogP contribution in [-0.2, 0) is 9.47 Å². The molecular formula is C12H26N2O2. The molecule has 0 aromatic rings. The number of nitrogens with one attached hydrogen (secondary N) is 2. The van der Waals surface area contributed by atoms with Crippen LogP contribution in [0.1, 0.15) is 19.8 Å². The third kappa shape index (κ3) is 4.78. The maximum Gasteiger partial charge on any atom is 0.0928 e. The van der Waals surface area contributed by atoms with E-state index in [9.17, 15) is 0 Å². The first-order chi connectivity index (χ1) is 7.77. The zero-order chi connectivity index (χ0) is 11.8. The summed E-state index contributed by atoms with van der Waals surface area (Å²) in [6.07, 6.45) is 2.80. The fraction of sp³-hybridized carbons (Fsp3) is 1.00. The van der Waals surface area contributed by atoms with Crippen LogP contribution in [-0.4, -0.2) is 52.6 Å². The molecule has 0 bridgehead atoms. The van der Waals surface area contributed by atoms with E-state index >= 15 is 0 Å². The molecule has 16 heavy (non-hydrogen) atoms. The smallest absolute Gasteiger partial charge is 0.0928 e. The van der Waals surface area contributed by atoms with Gasteiger partial charge in [-0.25, -0.2) is 0 Å². The van der Waals surface area contributed by atoms with Gasteiger partial charge in [0.25, 0.3) is 0 Å². The zero-order valence-corrected chi connectivity index (χ0v) is 10.8. The van der Waals surface area contributed by atoms with Crippen LogP contribution in [0.2, 0.25) is 0 Å². The van der Waals surface area contributed by atoms with Gasteiger partial charge in [-0.3, -0.25) is 0 Å². The minimum Gasteiger partial charge on any atom is -0.382 e. The largest absolute Gasteiger partial charge is 0.382 e. The maximum atomic E-state index is 5.30. The third-order valence-corrected chi connectivity index (χ3v) is 3.35. The molecule has 0 amide bonds. The summed E-state index contributed by atoms with van der Waals surface area (Å²) < 4.78 is 10.4. The van der Waals surface area contributed by atoms with Crippen molar-refractivity contribution < 1.29 is 9.47 Å². The molecule has 0 aromatic carbocycles. The molecule has 0 spiro atoms. The SMILES string of the molecule is COCC(CNCC1NCCCC1C)OC. The Hall–Kier alpha value is -0.160. The van der Waals surface area contributed by atoms with Crippen LogP contribution in [0.3, 0.4) is 0 Å². The molecule has 4 nitrogen and oxygen atoms in total. The van der Waals surface area contributed by atoms with Crippen molar-refractivity contribution in [3.05, 3.63) is 0 Å². The Labute approximate surface area is 99.1 Å². The molecule has 96 valence electrons. The van der Waals surface area contributed by atoms with Crippen molar-refractivity contribution >= 4 is 0 Å². The van der Waals surface area contributed by atoms with E-state index in [0.29, 0.717) is 12.6 Å². The van der Waals surface area contributed by atoms with Crippen molar-refractivity contribution in [3.63, 3.8) is 0 Å². The quantitative estimate of drug-likeness (QED) is 0.673. The first-order valence-corrected chi connectivity index (χ1v) is 6.23. The van der Waals surface area contributed by atoms with Gasteiger partial charge in [0.1, 0.15) is 0 Å². The number of methoxy groups -OCH3 is 2. The van der Waals surface area contributed by atoms with Crippen molar-refractivity contribution in [1.29, 1.82) is 0 Å². The second-order valence-corrected chi connectivity index (χ2v) is 4.65. The Bertz CT molecular complexity index is 178. The summed E-state index contributed by atoms with van der Waals surface area (Å²) in [5.41, 5.74) is 0. The van der Waals surface area contributed by atoms with E-state index in [-0.39, 0.29) is 6.10 Å². The highest BCUT2D eigenvalue weighted by Gasteiger charge is 2.20. The molecule has 0 aromatic heterocycles. The minimum absolute atomic E-state index is 0.156. The third-order valence-electron chi connectivity index (χ3n) is 3.35. The van der Waals surface area contributed by atoms with Crippen molar-refractivity contribution in [2.75, 3.05) is 40.5 Å². The Morgan fingerprint density at radius 2 is 2.25 bits per heavy atom. The van der Waals surface area contributed by atoms with Crippen molar-refractivity contribution in [1.82, 2.24) is 10.6 Å². The van der Waals surface area contributed by atoms with Crippen molar-refractivity contribution in [2.24, 2.45) is 5.92 Å². The Morgan fingerprint density at radius 1 is 1.44 bits per heavy atom. The number of ether oxygens (including phenoxy) is 2. The summed E-state index contributed by atoms with van der Waals surface area (Å²) in [6, 6.07) is 0.605. The minimum atomic E-state index is 0.156. The molecule has 1 rings (SSSR count). The molecule has 0 radical (unpaired) electrons. The van der Waals surface area contributed by atoms with Gasteiger partial charge in [0.15, 0.2) is 0 Å². The summed E-state index contributed by atoms with van der Waals surface area (Å²) in [6.45, 7) is 6.00. The number of hydrogen-bond donors (Lipinski definition) is 2. The summed E-state index contributed by atoms with van der Waals surface area (Å²) in [5, 5.41) is 7.01. The monoisotopic (exact) mass is 230 g/mol. The lowest BCUT2D eigenvalue weighted by Gasteiger charge is -2.30. The van der Waals surface area contributed by atoms with Crippen LogP contribution in [0.25, 0.3) is 0 Å². The highest BCUT2D eigenvalue weighted by Crippen LogP contribution is 2.14. The van der Waals surface area contributed by atoms with Gasteiger partial charge in [0, 0.05) is 33.4 Å². The van der Waals surface area contributed by atoms with E-state index in [0.717, 1.165) is 25.6 Å². The highest BCUT2D eigenvalue weighted by atomic mass is 16.5. The zero-order valence-electron chi connectivity index (χ0n) is 10.8. The second kappa shape index (κ2) is 8.01. The van der Waals surface area contributed by atoms with E-state index in [1.807, 2.05) is 0 Å². The molecule has 0 saturated carbocycles. The van der Waals surface area contributed by atoms with Gasteiger partial charge in [0.05, 0.1) is 12.7 Å². The molecule has 4 heteroatoms. The number of hydrogen-bond acceptors (Lipinski definition) is 4. The van der Waals surface area contributed by atoms with Gasteiger partial charge >= 0.3 is 0 Å². The first-order valence-electron chi connectivity index (χ1n) is 6.23. The van der Waals surface area contributed by atoms with E-state index in [1.54, 1.807) is 14.2 Å². The molecule has 1 aliphatic rings. The van der Waals surface area contributed by atoms with Crippen LogP contribution < -0.4 is 10.6 Å². The predicted octanol–water partition coefficient (Wildman–Crippen LogP) is 0.626. The summed E-state index contributed by atoms with van der Waals surface area (Å²) in [4.78, 5) is 0. The lowest BCUT2D eigenvalue weighted by atomic mass is 9.93. The highest BCUT2D eigenvalue weighted by molar-refractivity contribution is 4.80. The average molecular weight is 230 g/mol. The molecule has 3 atom stereocenters. The average Bonchev–Trinajstić information content (AvgIpc) is 2.30. The molecule has 0 aliphatic carbocycles. The molecule has 1 aliphatic heterocycles. The molecule has 2 N–H and O–H groups in total. The van der Waals surface area contributed by atoms with Gasteiger partial charge in [-0.15, -0.1) is 0 Å². The van der Waals surface area contributed by atoms with E-state index in [1.165, 1.54) is 12.8 Å². The van der Waals surface area contributed by atoms with Gasteiger partial charge in [-0.1, -0.05) is 6.92 Å². The summed E-state index contributed by atoms with van der Waals surface area (Å²) in [5.74, 6) is 0.768. The Morgan fingerprint density at radius 3 is 2.88 bits per heavy atom. The number of piperidine rings is 1. The van der Waals surface area contributed by atoms with Gasteiger partial charge < -0.3 is 20.1 Å². The fourth-order valence-electron chi connectivity index (χ4n) is 2.18. The molecule has 1 fully saturated rings. The van der Waals surface area contributed by atoms with Crippen LogP contribution in [0.5, 0.6) is 0 Å². The topological polar surface area (TPSA) is 42.5 Å². The summed E-state index contributed by atoms with van der Waals surface area (Å²) >= 11 is 0. The lowest BCUT2D eigenvalue weighted by molar-refractivity contribution is 0.0283. The first kappa shape index (κ1) is 13.9. The second-order valence-electron chi connectivity index (χ2n) is 4.65. The number of rotatable bonds is 7. The van der Waals surface area contributed by atoms with Crippen molar-refractivity contribution in [2.45, 2.75) is 31.9 Å². The van der Waals surface area contributed by atoms with E-state index in [2.05, 4.69) is 17.6 Å². The normalized spacial score (nSPS) is 27.9. The fourth-order valence-corrected chi connectivity index (χ4v) is 2.18. The predicted molar refractivity (Wildman–Crippen MR) is 65.7 cm³/mol. The Balaban J connectivity index is 2.13. The van der Waals surface area contributed by atoms with Crippen LogP contribution in [0.4, 0.5) is 0 Å². The van der Waals surface area contributed by atoms with Crippen LogP contribution in [0.15, 0.2) is 0 Å². The van der Waals surface area contributed by atoms with E-state index < -0.39 is 0 Å². The van der Waals surface area contributed by atoms with Crippen LogP contribution in [0, 0.1) is 5.92 Å². The van der Waals surface area contributed by atoms with Gasteiger partial charge in [-0.05, 0) is 25.3 Å². The lowest BCUT2D eigenvalue weighted by Crippen LogP contribution is -2.48. The van der Waals surface area contributed by atoms with E-state index in [4.69, 9.17) is 9.47 Å². The molecular weight excluding hydrogens is 204 g/mol. The molecule has 1 saturated heterocycles. The standard InChI is InChI=1S/C12H26N2O2/c1-10-5-4-6-14-12(10)8-13-7-11(16-3)9-15-2/h10-14H,4-9H2,1-3H3. The van der Waals surface area contributed by atoms with Crippen molar-refractivity contribution in [3.8, 4) is 0 Å². The van der Waals surface area contributed by atoms with Gasteiger partial charge in [0.2, 0.25) is 0 Å². The van der Waals surface area contributed by atoms with Gasteiger partial charge in [-0.2, -0.15) is 0 Å².